The van der Waals surface area contributed by atoms with Crippen molar-refractivity contribution in [3.8, 4) is 0 Å². The van der Waals surface area contributed by atoms with Gasteiger partial charge in [-0.1, -0.05) is 6.92 Å². The van der Waals surface area contributed by atoms with E-state index in [4.69, 9.17) is 5.73 Å². The van der Waals surface area contributed by atoms with Gasteiger partial charge in [0.15, 0.2) is 0 Å². The predicted octanol–water partition coefficient (Wildman–Crippen LogP) is 1.72. The van der Waals surface area contributed by atoms with Gasteiger partial charge >= 0.3 is 0 Å². The second-order valence-corrected chi connectivity index (χ2v) is 8.11. The summed E-state index contributed by atoms with van der Waals surface area (Å²) in [5.74, 6) is 0.619. The minimum atomic E-state index is -3.34. The van der Waals surface area contributed by atoms with Crippen molar-refractivity contribution in [2.24, 2.45) is 11.7 Å². The van der Waals surface area contributed by atoms with Gasteiger partial charge < -0.3 is 5.73 Å². The lowest BCUT2D eigenvalue weighted by Gasteiger charge is -2.11. The fourth-order valence-electron chi connectivity index (χ4n) is 2.37. The Morgan fingerprint density at radius 2 is 2.22 bits per heavy atom. The van der Waals surface area contributed by atoms with E-state index in [1.807, 2.05) is 6.07 Å². The molecule has 1 saturated carbocycles. The lowest BCUT2D eigenvalue weighted by molar-refractivity contribution is 0.540. The molecule has 0 spiro atoms. The molecule has 1 aromatic rings. The molecule has 1 heterocycles. The molecule has 6 heteroatoms. The average molecular weight is 288 g/mol. The molecule has 1 aliphatic carbocycles. The minimum Gasteiger partial charge on any atom is -0.330 e. The van der Waals surface area contributed by atoms with Gasteiger partial charge in [0, 0.05) is 10.9 Å². The molecule has 2 atom stereocenters. The molecule has 0 radical (unpaired) electrons. The van der Waals surface area contributed by atoms with E-state index < -0.39 is 10.0 Å². The van der Waals surface area contributed by atoms with E-state index in [1.165, 1.54) is 11.3 Å². The van der Waals surface area contributed by atoms with Crippen molar-refractivity contribution >= 4 is 21.4 Å². The van der Waals surface area contributed by atoms with Crippen LogP contribution in [0.5, 0.6) is 0 Å². The van der Waals surface area contributed by atoms with Crippen molar-refractivity contribution in [1.82, 2.24) is 4.72 Å². The van der Waals surface area contributed by atoms with Crippen LogP contribution in [0.4, 0.5) is 0 Å². The molecule has 18 heavy (non-hydrogen) atoms. The highest BCUT2D eigenvalue weighted by Crippen LogP contribution is 2.27. The Morgan fingerprint density at radius 1 is 1.44 bits per heavy atom. The first-order valence-electron chi connectivity index (χ1n) is 6.32. The van der Waals surface area contributed by atoms with Crippen molar-refractivity contribution in [2.75, 3.05) is 6.54 Å². The Kier molecular flexibility index (Phi) is 4.42. The number of hydrogen-bond donors (Lipinski definition) is 2. The summed E-state index contributed by atoms with van der Waals surface area (Å²) >= 11 is 1.32. The molecule has 0 aliphatic heterocycles. The Morgan fingerprint density at radius 3 is 2.83 bits per heavy atom. The summed E-state index contributed by atoms with van der Waals surface area (Å²) in [4.78, 5) is 1.03. The van der Waals surface area contributed by atoms with Crippen LogP contribution in [0.1, 0.15) is 31.1 Å². The Labute approximate surface area is 113 Å². The predicted molar refractivity (Wildman–Crippen MR) is 74.2 cm³/mol. The van der Waals surface area contributed by atoms with Gasteiger partial charge in [-0.3, -0.25) is 0 Å². The third-order valence-corrected chi connectivity index (χ3v) is 6.47. The third kappa shape index (κ3) is 3.32. The summed E-state index contributed by atoms with van der Waals surface area (Å²) in [6.45, 7) is 2.71. The van der Waals surface area contributed by atoms with Crippen molar-refractivity contribution in [1.29, 1.82) is 0 Å². The highest BCUT2D eigenvalue weighted by molar-refractivity contribution is 7.91. The van der Waals surface area contributed by atoms with Crippen molar-refractivity contribution in [2.45, 2.75) is 42.9 Å². The van der Waals surface area contributed by atoms with Gasteiger partial charge in [-0.25, -0.2) is 13.1 Å². The van der Waals surface area contributed by atoms with Crippen LogP contribution in [0, 0.1) is 5.92 Å². The number of thiophene rings is 1. The van der Waals surface area contributed by atoms with Crippen LogP contribution in [0.3, 0.4) is 0 Å². The average Bonchev–Trinajstić information content (AvgIpc) is 2.88. The number of nitrogens with two attached hydrogens (primary N) is 1. The van der Waals surface area contributed by atoms with Crippen LogP contribution in [0.25, 0.3) is 0 Å². The summed E-state index contributed by atoms with van der Waals surface area (Å²) < 4.78 is 27.6. The van der Waals surface area contributed by atoms with Gasteiger partial charge in [0.25, 0.3) is 0 Å². The highest BCUT2D eigenvalue weighted by Gasteiger charge is 2.27. The van der Waals surface area contributed by atoms with Gasteiger partial charge in [0.05, 0.1) is 0 Å². The molecular weight excluding hydrogens is 268 g/mol. The Bertz CT molecular complexity index is 496. The van der Waals surface area contributed by atoms with E-state index in [9.17, 15) is 8.42 Å². The molecule has 1 aliphatic rings. The topological polar surface area (TPSA) is 72.2 Å². The summed E-state index contributed by atoms with van der Waals surface area (Å²) in [6, 6.07) is 3.63. The molecule has 0 saturated heterocycles. The van der Waals surface area contributed by atoms with E-state index in [1.54, 1.807) is 6.07 Å². The summed E-state index contributed by atoms with van der Waals surface area (Å²) in [5, 5.41) is 0. The first kappa shape index (κ1) is 14.0. The summed E-state index contributed by atoms with van der Waals surface area (Å²) in [6.07, 6.45) is 3.73. The number of hydrogen-bond acceptors (Lipinski definition) is 4. The normalized spacial score (nSPS) is 24.6. The van der Waals surface area contributed by atoms with Crippen LogP contribution < -0.4 is 10.5 Å². The zero-order valence-corrected chi connectivity index (χ0v) is 12.2. The quantitative estimate of drug-likeness (QED) is 0.866. The Hall–Kier alpha value is -0.430. The molecule has 0 bridgehead atoms. The molecule has 102 valence electrons. The molecule has 1 fully saturated rings. The van der Waals surface area contributed by atoms with Crippen molar-refractivity contribution < 1.29 is 8.42 Å². The summed E-state index contributed by atoms with van der Waals surface area (Å²) in [5.41, 5.74) is 5.47. The van der Waals surface area contributed by atoms with E-state index in [0.717, 1.165) is 30.6 Å². The molecule has 3 N–H and O–H groups in total. The third-order valence-electron chi connectivity index (χ3n) is 3.31. The lowest BCUT2D eigenvalue weighted by Crippen LogP contribution is -2.32. The maximum Gasteiger partial charge on any atom is 0.250 e. The van der Waals surface area contributed by atoms with Gasteiger partial charge in [-0.15, -0.1) is 11.3 Å². The molecule has 2 rings (SSSR count). The molecule has 1 aromatic heterocycles. The monoisotopic (exact) mass is 288 g/mol. The van der Waals surface area contributed by atoms with E-state index >= 15 is 0 Å². The second-order valence-electron chi connectivity index (χ2n) is 5.00. The van der Waals surface area contributed by atoms with Gasteiger partial charge in [-0.2, -0.15) is 0 Å². The van der Waals surface area contributed by atoms with Gasteiger partial charge in [0.1, 0.15) is 4.21 Å². The maximum atomic E-state index is 12.2. The fraction of sp³-hybridized carbons (Fsp3) is 0.667. The minimum absolute atomic E-state index is 0.102. The zero-order valence-electron chi connectivity index (χ0n) is 10.6. The van der Waals surface area contributed by atoms with Gasteiger partial charge in [-0.05, 0) is 50.3 Å². The summed E-state index contributed by atoms with van der Waals surface area (Å²) in [7, 11) is -3.34. The number of nitrogens with one attached hydrogen (secondary N) is 1. The van der Waals surface area contributed by atoms with Crippen LogP contribution in [0.15, 0.2) is 16.3 Å². The number of sulfonamides is 1. The van der Waals surface area contributed by atoms with Crippen LogP contribution in [-0.2, 0) is 16.4 Å². The molecular formula is C12H20N2O2S2. The van der Waals surface area contributed by atoms with E-state index in [2.05, 4.69) is 11.6 Å². The Balaban J connectivity index is 2.05. The second kappa shape index (κ2) is 5.69. The smallest absolute Gasteiger partial charge is 0.250 e. The van der Waals surface area contributed by atoms with Crippen LogP contribution in [0.2, 0.25) is 0 Å². The first-order valence-corrected chi connectivity index (χ1v) is 8.62. The van der Waals surface area contributed by atoms with Crippen molar-refractivity contribution in [3.63, 3.8) is 0 Å². The largest absolute Gasteiger partial charge is 0.330 e. The molecule has 0 aromatic carbocycles. The van der Waals surface area contributed by atoms with Crippen molar-refractivity contribution in [3.05, 3.63) is 17.0 Å². The maximum absolute atomic E-state index is 12.2. The zero-order chi connectivity index (χ0) is 13.2. The molecule has 2 unspecified atom stereocenters. The van der Waals surface area contributed by atoms with Gasteiger partial charge in [0.2, 0.25) is 10.0 Å². The van der Waals surface area contributed by atoms with Crippen LogP contribution >= 0.6 is 11.3 Å². The fourth-order valence-corrected chi connectivity index (χ4v) is 5.04. The number of rotatable bonds is 5. The van der Waals surface area contributed by atoms with E-state index in [0.29, 0.717) is 16.7 Å². The lowest BCUT2D eigenvalue weighted by atomic mass is 10.1. The van der Waals surface area contributed by atoms with E-state index in [-0.39, 0.29) is 6.04 Å². The standard InChI is InChI=1S/C12H20N2O2S2/c1-9-2-3-10(8-9)14-18(15,16)12-5-4-11(17-12)6-7-13/h4-5,9-10,14H,2-3,6-8,13H2,1H3. The SMILES string of the molecule is CC1CCC(NS(=O)(=O)c2ccc(CCN)s2)C1. The molecule has 0 amide bonds. The first-order chi connectivity index (χ1) is 8.51. The molecule has 4 nitrogen and oxygen atoms in total. The van der Waals surface area contributed by atoms with Crippen LogP contribution in [-0.4, -0.2) is 21.0 Å². The highest BCUT2D eigenvalue weighted by atomic mass is 32.2.